The number of nitrogens with zero attached hydrogens (tertiary/aromatic N) is 1. The molecule has 0 aliphatic heterocycles. The zero-order valence-corrected chi connectivity index (χ0v) is 17.6. The lowest BCUT2D eigenvalue weighted by molar-refractivity contribution is -0.143. The van der Waals surface area contributed by atoms with Crippen LogP contribution in [0, 0.1) is 6.92 Å². The summed E-state index contributed by atoms with van der Waals surface area (Å²) < 4.78 is 41.0. The fourth-order valence-electron chi connectivity index (χ4n) is 3.00. The number of sulfonamides is 1. The van der Waals surface area contributed by atoms with Crippen LogP contribution in [-0.2, 0) is 26.2 Å². The fraction of sp³-hybridized carbons (Fsp3) is 0.238. The van der Waals surface area contributed by atoms with E-state index in [-0.39, 0.29) is 6.61 Å². The SMILES string of the molecule is COc1ccc2c(COC(=O)CN(c3ccccc3C)S(C)(=O)=O)cc(=O)oc2c1. The molecule has 0 unspecified atom stereocenters. The van der Waals surface area contributed by atoms with Gasteiger partial charge in [0.2, 0.25) is 10.0 Å². The van der Waals surface area contributed by atoms with E-state index in [9.17, 15) is 18.0 Å². The molecule has 0 aliphatic carbocycles. The first-order valence-electron chi connectivity index (χ1n) is 8.99. The number of carbonyl (C=O) groups is 1. The largest absolute Gasteiger partial charge is 0.497 e. The van der Waals surface area contributed by atoms with E-state index in [1.807, 2.05) is 0 Å². The van der Waals surface area contributed by atoms with Crippen LogP contribution < -0.4 is 14.7 Å². The predicted molar refractivity (Wildman–Crippen MR) is 112 cm³/mol. The van der Waals surface area contributed by atoms with Gasteiger partial charge in [-0.1, -0.05) is 18.2 Å². The molecular formula is C21H21NO7S. The molecule has 0 fully saturated rings. The number of carbonyl (C=O) groups excluding carboxylic acids is 1. The second-order valence-corrected chi connectivity index (χ2v) is 8.58. The van der Waals surface area contributed by atoms with Crippen LogP contribution in [0.15, 0.2) is 57.7 Å². The molecule has 0 atom stereocenters. The van der Waals surface area contributed by atoms with E-state index >= 15 is 0 Å². The van der Waals surface area contributed by atoms with Gasteiger partial charge >= 0.3 is 11.6 Å². The third-order valence-corrected chi connectivity index (χ3v) is 5.61. The first-order valence-corrected chi connectivity index (χ1v) is 10.8. The maximum atomic E-state index is 12.4. The highest BCUT2D eigenvalue weighted by Crippen LogP contribution is 2.24. The van der Waals surface area contributed by atoms with Crippen molar-refractivity contribution in [3.63, 3.8) is 0 Å². The molecule has 0 spiro atoms. The van der Waals surface area contributed by atoms with Gasteiger partial charge in [-0.15, -0.1) is 0 Å². The second-order valence-electron chi connectivity index (χ2n) is 6.67. The highest BCUT2D eigenvalue weighted by Gasteiger charge is 2.23. The summed E-state index contributed by atoms with van der Waals surface area (Å²) in [5.41, 5.74) is 1.25. The standard InChI is InChI=1S/C21H21NO7S/c1-14-6-4-5-7-18(14)22(30(3,25)26)12-21(24)28-13-15-10-20(23)29-19-11-16(27-2)8-9-17(15)19/h4-11H,12-13H2,1-3H3. The van der Waals surface area contributed by atoms with Crippen LogP contribution >= 0.6 is 0 Å². The molecule has 3 rings (SSSR count). The highest BCUT2D eigenvalue weighted by atomic mass is 32.2. The maximum Gasteiger partial charge on any atom is 0.336 e. The summed E-state index contributed by atoms with van der Waals surface area (Å²) in [7, 11) is -2.22. The lowest BCUT2D eigenvalue weighted by atomic mass is 10.1. The van der Waals surface area contributed by atoms with Gasteiger partial charge in [0.15, 0.2) is 0 Å². The minimum atomic E-state index is -3.71. The zero-order chi connectivity index (χ0) is 21.9. The molecule has 0 amide bonds. The summed E-state index contributed by atoms with van der Waals surface area (Å²) >= 11 is 0. The average molecular weight is 431 g/mol. The monoisotopic (exact) mass is 431 g/mol. The lowest BCUT2D eigenvalue weighted by Crippen LogP contribution is -2.36. The van der Waals surface area contributed by atoms with Crippen LogP contribution in [0.3, 0.4) is 0 Å². The van der Waals surface area contributed by atoms with Crippen molar-refractivity contribution in [2.45, 2.75) is 13.5 Å². The number of hydrogen-bond acceptors (Lipinski definition) is 7. The van der Waals surface area contributed by atoms with E-state index in [0.29, 0.717) is 33.5 Å². The van der Waals surface area contributed by atoms with Gasteiger partial charge in [-0.2, -0.15) is 0 Å². The molecule has 9 heteroatoms. The van der Waals surface area contributed by atoms with Crippen LogP contribution in [0.1, 0.15) is 11.1 Å². The van der Waals surface area contributed by atoms with Crippen molar-refractivity contribution in [1.82, 2.24) is 0 Å². The predicted octanol–water partition coefficient (Wildman–Crippen LogP) is 2.62. The second kappa shape index (κ2) is 8.58. The Morgan fingerprint density at radius 3 is 2.53 bits per heavy atom. The van der Waals surface area contributed by atoms with Crippen LogP contribution in [0.4, 0.5) is 5.69 Å². The number of methoxy groups -OCH3 is 1. The first kappa shape index (κ1) is 21.4. The Kier molecular flexibility index (Phi) is 6.12. The van der Waals surface area contributed by atoms with Crippen molar-refractivity contribution in [2.24, 2.45) is 0 Å². The van der Waals surface area contributed by atoms with Gasteiger partial charge in [0.25, 0.3) is 0 Å². The molecule has 8 nitrogen and oxygen atoms in total. The number of fused-ring (bicyclic) bond motifs is 1. The van der Waals surface area contributed by atoms with Gasteiger partial charge in [-0.25, -0.2) is 13.2 Å². The zero-order valence-electron chi connectivity index (χ0n) is 16.7. The van der Waals surface area contributed by atoms with E-state index in [0.717, 1.165) is 10.6 Å². The molecule has 30 heavy (non-hydrogen) atoms. The third kappa shape index (κ3) is 4.80. The van der Waals surface area contributed by atoms with Gasteiger partial charge in [0.1, 0.15) is 24.5 Å². The topological polar surface area (TPSA) is 103 Å². The molecule has 1 aromatic heterocycles. The van der Waals surface area contributed by atoms with Crippen LogP contribution in [0.5, 0.6) is 5.75 Å². The normalized spacial score (nSPS) is 11.3. The Bertz CT molecular complexity index is 1250. The van der Waals surface area contributed by atoms with Crippen molar-refractivity contribution >= 4 is 32.6 Å². The molecule has 0 saturated carbocycles. The van der Waals surface area contributed by atoms with Gasteiger partial charge in [0.05, 0.1) is 19.1 Å². The van der Waals surface area contributed by atoms with E-state index < -0.39 is 28.2 Å². The Morgan fingerprint density at radius 2 is 1.87 bits per heavy atom. The third-order valence-electron chi connectivity index (χ3n) is 4.48. The Balaban J connectivity index is 1.81. The Labute approximate surface area is 173 Å². The number of aryl methyl sites for hydroxylation is 1. The number of esters is 1. The van der Waals surface area contributed by atoms with E-state index in [4.69, 9.17) is 13.9 Å². The first-order chi connectivity index (χ1) is 14.2. The van der Waals surface area contributed by atoms with Gasteiger partial charge in [-0.3, -0.25) is 9.10 Å². The molecule has 158 valence electrons. The molecule has 0 saturated heterocycles. The smallest absolute Gasteiger partial charge is 0.336 e. The fourth-order valence-corrected chi connectivity index (χ4v) is 3.90. The van der Waals surface area contributed by atoms with Gasteiger partial charge in [-0.05, 0) is 30.7 Å². The van der Waals surface area contributed by atoms with Crippen LogP contribution in [-0.4, -0.2) is 34.3 Å². The molecule has 0 N–H and O–H groups in total. The van der Waals surface area contributed by atoms with Crippen molar-refractivity contribution in [1.29, 1.82) is 0 Å². The van der Waals surface area contributed by atoms with Crippen molar-refractivity contribution < 1.29 is 27.1 Å². The summed E-state index contributed by atoms with van der Waals surface area (Å²) in [5.74, 6) is -0.236. The number of benzene rings is 2. The Hall–Kier alpha value is -3.33. The quantitative estimate of drug-likeness (QED) is 0.418. The molecule has 1 heterocycles. The molecule has 3 aromatic rings. The van der Waals surface area contributed by atoms with E-state index in [1.165, 1.54) is 13.2 Å². The van der Waals surface area contributed by atoms with Crippen LogP contribution in [0.2, 0.25) is 0 Å². The molecule has 0 bridgehead atoms. The maximum absolute atomic E-state index is 12.4. The minimum Gasteiger partial charge on any atom is -0.497 e. The summed E-state index contributed by atoms with van der Waals surface area (Å²) in [5, 5.41) is 0.585. The van der Waals surface area contributed by atoms with E-state index in [1.54, 1.807) is 49.4 Å². The molecule has 2 aromatic carbocycles. The number of ether oxygens (including phenoxy) is 2. The molecular weight excluding hydrogens is 410 g/mol. The van der Waals surface area contributed by atoms with Crippen molar-refractivity contribution in [2.75, 3.05) is 24.2 Å². The number of para-hydroxylation sites is 1. The van der Waals surface area contributed by atoms with Gasteiger partial charge < -0.3 is 13.9 Å². The number of anilines is 1. The lowest BCUT2D eigenvalue weighted by Gasteiger charge is -2.23. The highest BCUT2D eigenvalue weighted by molar-refractivity contribution is 7.92. The average Bonchev–Trinajstić information content (AvgIpc) is 2.69. The minimum absolute atomic E-state index is 0.210. The molecule has 0 aliphatic rings. The summed E-state index contributed by atoms with van der Waals surface area (Å²) in [6, 6.07) is 13.0. The Morgan fingerprint density at radius 1 is 1.13 bits per heavy atom. The summed E-state index contributed by atoms with van der Waals surface area (Å²) in [6.07, 6.45) is 1.02. The van der Waals surface area contributed by atoms with Crippen molar-refractivity contribution in [3.8, 4) is 5.75 Å². The number of rotatable bonds is 7. The number of hydrogen-bond donors (Lipinski definition) is 0. The van der Waals surface area contributed by atoms with Crippen LogP contribution in [0.25, 0.3) is 11.0 Å². The van der Waals surface area contributed by atoms with Gasteiger partial charge in [0, 0.05) is 23.1 Å². The van der Waals surface area contributed by atoms with Crippen molar-refractivity contribution in [3.05, 3.63) is 70.1 Å². The summed E-state index contributed by atoms with van der Waals surface area (Å²) in [6.45, 7) is 1.05. The molecule has 0 radical (unpaired) electrons. The van der Waals surface area contributed by atoms with E-state index in [2.05, 4.69) is 0 Å². The summed E-state index contributed by atoms with van der Waals surface area (Å²) in [4.78, 5) is 24.3.